The van der Waals surface area contributed by atoms with E-state index in [4.69, 9.17) is 5.73 Å². The van der Waals surface area contributed by atoms with Gasteiger partial charge in [0.05, 0.1) is 29.4 Å². The molecule has 1 unspecified atom stereocenters. The van der Waals surface area contributed by atoms with E-state index in [1.807, 2.05) is 0 Å². The van der Waals surface area contributed by atoms with Gasteiger partial charge in [-0.05, 0) is 47.9 Å². The van der Waals surface area contributed by atoms with Crippen molar-refractivity contribution in [1.29, 1.82) is 0 Å². The third-order valence-corrected chi connectivity index (χ3v) is 7.08. The summed E-state index contributed by atoms with van der Waals surface area (Å²) in [5, 5.41) is 12.4. The van der Waals surface area contributed by atoms with Gasteiger partial charge in [-0.1, -0.05) is 12.1 Å². The highest BCUT2D eigenvalue weighted by molar-refractivity contribution is 5.94. The van der Waals surface area contributed by atoms with Crippen LogP contribution in [-0.4, -0.2) is 41.6 Å². The van der Waals surface area contributed by atoms with Crippen LogP contribution in [0, 0.1) is 17.5 Å². The zero-order valence-electron chi connectivity index (χ0n) is 21.6. The molecule has 218 valence electrons. The summed E-state index contributed by atoms with van der Waals surface area (Å²) in [7, 11) is 0. The van der Waals surface area contributed by atoms with Crippen LogP contribution in [0.4, 0.5) is 26.3 Å². The molecule has 0 radical (unpaired) electrons. The number of azo groups is 1. The third kappa shape index (κ3) is 5.49. The van der Waals surface area contributed by atoms with Gasteiger partial charge < -0.3 is 16.4 Å². The van der Waals surface area contributed by atoms with Crippen LogP contribution < -0.4 is 16.4 Å². The molecule has 2 amide bonds. The van der Waals surface area contributed by atoms with Crippen molar-refractivity contribution in [2.24, 2.45) is 16.0 Å². The molecule has 42 heavy (non-hydrogen) atoms. The normalized spacial score (nSPS) is 18.7. The number of nitrogens with zero attached hydrogens (tertiary/aromatic N) is 3. The Balaban J connectivity index is 1.55. The van der Waals surface area contributed by atoms with Gasteiger partial charge in [-0.2, -0.15) is 23.4 Å². The molecular weight excluding hydrogens is 566 g/mol. The van der Waals surface area contributed by atoms with Crippen LogP contribution >= 0.6 is 0 Å². The highest BCUT2D eigenvalue weighted by Gasteiger charge is 2.62. The molecule has 3 aromatic rings. The molecule has 2 aliphatic heterocycles. The summed E-state index contributed by atoms with van der Waals surface area (Å²) in [6, 6.07) is 7.96. The molecule has 0 aliphatic carbocycles. The second-order valence-electron chi connectivity index (χ2n) is 9.86. The lowest BCUT2D eigenvalue weighted by molar-refractivity contribution is -0.178. The predicted octanol–water partition coefficient (Wildman–Crippen LogP) is 4.68. The second-order valence-corrected chi connectivity index (χ2v) is 9.86. The summed E-state index contributed by atoms with van der Waals surface area (Å²) in [5.74, 6) is -4.82. The first kappa shape index (κ1) is 28.9. The van der Waals surface area contributed by atoms with Crippen LogP contribution in [0.1, 0.15) is 34.1 Å². The number of primary amides is 1. The highest BCUT2D eigenvalue weighted by atomic mass is 19.4. The minimum absolute atomic E-state index is 0.0717. The minimum Gasteiger partial charge on any atom is -0.366 e. The van der Waals surface area contributed by atoms with Gasteiger partial charge in [0.2, 0.25) is 11.4 Å². The van der Waals surface area contributed by atoms with E-state index in [0.29, 0.717) is 6.07 Å². The largest absolute Gasteiger partial charge is 0.419 e. The number of nitrogens with one attached hydrogen (secondary N) is 2. The van der Waals surface area contributed by atoms with E-state index >= 15 is 0 Å². The Kier molecular flexibility index (Phi) is 7.58. The fourth-order valence-corrected chi connectivity index (χ4v) is 5.15. The Bertz CT molecular complexity index is 1620. The van der Waals surface area contributed by atoms with Gasteiger partial charge in [-0.15, -0.1) is 0 Å². The number of aromatic nitrogens is 1. The van der Waals surface area contributed by atoms with Gasteiger partial charge in [0.25, 0.3) is 5.91 Å². The number of nitrogens with two attached hydrogens (primary N) is 1. The van der Waals surface area contributed by atoms with Gasteiger partial charge >= 0.3 is 6.18 Å². The Hall–Kier alpha value is -4.59. The quantitative estimate of drug-likeness (QED) is 0.331. The Morgan fingerprint density at radius 3 is 2.48 bits per heavy atom. The molecule has 1 aromatic heterocycles. The van der Waals surface area contributed by atoms with Gasteiger partial charge in [-0.25, -0.2) is 13.2 Å². The molecule has 14 heteroatoms. The van der Waals surface area contributed by atoms with E-state index in [9.17, 15) is 35.9 Å². The van der Waals surface area contributed by atoms with Crippen molar-refractivity contribution < 1.29 is 35.9 Å². The number of hydrogen-bond donors (Lipinski definition) is 3. The molecule has 2 aliphatic rings. The number of pyridine rings is 1. The van der Waals surface area contributed by atoms with Crippen LogP contribution in [0.25, 0.3) is 11.1 Å². The fraction of sp³-hybridized carbons (Fsp3) is 0.250. The fourth-order valence-electron chi connectivity index (χ4n) is 5.15. The van der Waals surface area contributed by atoms with Gasteiger partial charge in [-0.3, -0.25) is 14.6 Å². The molecule has 4 N–H and O–H groups in total. The average molecular weight is 589 g/mol. The monoisotopic (exact) mass is 588 g/mol. The van der Waals surface area contributed by atoms with Crippen molar-refractivity contribution in [3.8, 4) is 11.1 Å². The SMILES string of the molecule is NC(=O)c1cc(-c2cccnc2C(Cc2cc(F)cc(F)c2)NC(=O)C[C@]2(C(F)(F)F)N=NC3=C2CNC3)ccc1F. The number of carbonyl (C=O) groups is 2. The minimum atomic E-state index is -4.95. The van der Waals surface area contributed by atoms with Gasteiger partial charge in [0.15, 0.2) is 0 Å². The number of halogens is 6. The number of rotatable bonds is 8. The van der Waals surface area contributed by atoms with Crippen molar-refractivity contribution >= 4 is 11.8 Å². The zero-order chi connectivity index (χ0) is 30.2. The summed E-state index contributed by atoms with van der Waals surface area (Å²) in [6.45, 7) is -0.0768. The number of hydrogen-bond acceptors (Lipinski definition) is 6. The van der Waals surface area contributed by atoms with Crippen molar-refractivity contribution in [1.82, 2.24) is 15.6 Å². The van der Waals surface area contributed by atoms with Crippen molar-refractivity contribution in [3.63, 3.8) is 0 Å². The van der Waals surface area contributed by atoms with E-state index < -0.39 is 59.0 Å². The Morgan fingerprint density at radius 1 is 1.05 bits per heavy atom. The Morgan fingerprint density at radius 2 is 1.79 bits per heavy atom. The Labute approximate surface area is 234 Å². The number of carbonyl (C=O) groups excluding carboxylic acids is 2. The third-order valence-electron chi connectivity index (χ3n) is 7.08. The lowest BCUT2D eigenvalue weighted by atomic mass is 9.86. The molecule has 5 rings (SSSR count). The molecule has 0 spiro atoms. The summed E-state index contributed by atoms with van der Waals surface area (Å²) in [6.07, 6.45) is -5.04. The maximum atomic E-state index is 14.4. The van der Waals surface area contributed by atoms with Gasteiger partial charge in [0.1, 0.15) is 17.5 Å². The van der Waals surface area contributed by atoms with Gasteiger partial charge in [0, 0.05) is 36.5 Å². The lowest BCUT2D eigenvalue weighted by Gasteiger charge is -2.30. The van der Waals surface area contributed by atoms with Crippen molar-refractivity contribution in [3.05, 3.63) is 100 Å². The molecule has 8 nitrogen and oxygen atoms in total. The number of amides is 2. The molecule has 0 saturated heterocycles. The molecule has 0 fully saturated rings. The lowest BCUT2D eigenvalue weighted by Crippen LogP contribution is -2.49. The number of alkyl halides is 3. The molecule has 3 heterocycles. The van der Waals surface area contributed by atoms with Crippen molar-refractivity contribution in [2.45, 2.75) is 30.6 Å². The first-order valence-corrected chi connectivity index (χ1v) is 12.6. The summed E-state index contributed by atoms with van der Waals surface area (Å²) < 4.78 is 85.4. The van der Waals surface area contributed by atoms with Crippen LogP contribution in [0.2, 0.25) is 0 Å². The molecule has 0 saturated carbocycles. The molecular formula is C28H22F6N6O2. The van der Waals surface area contributed by atoms with Crippen LogP contribution in [-0.2, 0) is 11.2 Å². The molecule has 2 aromatic carbocycles. The summed E-state index contributed by atoms with van der Waals surface area (Å²) in [4.78, 5) is 29.4. The second kappa shape index (κ2) is 11.0. The maximum Gasteiger partial charge on any atom is 0.419 e. The highest BCUT2D eigenvalue weighted by Crippen LogP contribution is 2.48. The molecule has 2 atom stereocenters. The summed E-state index contributed by atoms with van der Waals surface area (Å²) in [5.41, 5.74) is 2.59. The van der Waals surface area contributed by atoms with Crippen LogP contribution in [0.5, 0.6) is 0 Å². The smallest absolute Gasteiger partial charge is 0.366 e. The van der Waals surface area contributed by atoms with E-state index in [0.717, 1.165) is 24.3 Å². The summed E-state index contributed by atoms with van der Waals surface area (Å²) >= 11 is 0. The van der Waals surface area contributed by atoms with Crippen LogP contribution in [0.15, 0.2) is 76.2 Å². The standard InChI is InChI=1S/C28H22F6N6O2/c29-16-6-14(7-17(30)10-16)8-22(25-18(2-1-5-37-25)15-3-4-21(31)19(9-15)26(35)42)38-24(41)11-27(28(32,33)34)20-12-36-13-23(20)39-40-27/h1-7,9-10,22,36H,8,11-13H2,(H2,35,42)(H,38,41)/t22?,27-/m0/s1. The van der Waals surface area contributed by atoms with E-state index in [2.05, 4.69) is 25.8 Å². The maximum absolute atomic E-state index is 14.4. The van der Waals surface area contributed by atoms with E-state index in [1.54, 1.807) is 0 Å². The van der Waals surface area contributed by atoms with E-state index in [-0.39, 0.29) is 53.2 Å². The topological polar surface area (TPSA) is 122 Å². The van der Waals surface area contributed by atoms with Crippen molar-refractivity contribution in [2.75, 3.05) is 13.1 Å². The first-order chi connectivity index (χ1) is 19.9. The average Bonchev–Trinajstić information content (AvgIpc) is 3.52. The first-order valence-electron chi connectivity index (χ1n) is 12.6. The predicted molar refractivity (Wildman–Crippen MR) is 137 cm³/mol. The van der Waals surface area contributed by atoms with Crippen LogP contribution in [0.3, 0.4) is 0 Å². The zero-order valence-corrected chi connectivity index (χ0v) is 21.6. The molecule has 0 bridgehead atoms. The van der Waals surface area contributed by atoms with E-state index in [1.165, 1.54) is 24.4 Å². The number of benzene rings is 2.